The Bertz CT molecular complexity index is 790. The molecule has 2 N–H and O–H groups in total. The largest absolute Gasteiger partial charge is 0.488 e. The molecule has 0 saturated heterocycles. The van der Waals surface area contributed by atoms with E-state index >= 15 is 0 Å². The third kappa shape index (κ3) is 2.84. The molecule has 1 aliphatic carbocycles. The number of rotatable bonds is 3. The van der Waals surface area contributed by atoms with Crippen LogP contribution in [-0.2, 0) is 6.54 Å². The maximum atomic E-state index is 12.5. The van der Waals surface area contributed by atoms with Crippen LogP contribution in [0.2, 0.25) is 0 Å². The van der Waals surface area contributed by atoms with Crippen molar-refractivity contribution in [3.63, 3.8) is 0 Å². The molecule has 0 unspecified atom stereocenters. The van der Waals surface area contributed by atoms with Crippen molar-refractivity contribution in [2.45, 2.75) is 19.4 Å². The summed E-state index contributed by atoms with van der Waals surface area (Å²) in [6.45, 7) is 0.565. The number of benzene rings is 1. The smallest absolute Gasteiger partial charge is 0.423 e. The Balaban J connectivity index is 2.00. The van der Waals surface area contributed by atoms with Crippen LogP contribution in [0, 0.1) is 0 Å². The van der Waals surface area contributed by atoms with Crippen LogP contribution in [0.25, 0.3) is 10.8 Å². The summed E-state index contributed by atoms with van der Waals surface area (Å²) in [6, 6.07) is 6.67. The van der Waals surface area contributed by atoms with Crippen molar-refractivity contribution in [2.75, 3.05) is 0 Å². The number of pyridine rings is 1. The maximum absolute atomic E-state index is 12.5. The van der Waals surface area contributed by atoms with Crippen LogP contribution in [0.3, 0.4) is 0 Å². The number of aromatic nitrogens is 1. The second-order valence-corrected chi connectivity index (χ2v) is 5.23. The van der Waals surface area contributed by atoms with Crippen molar-refractivity contribution in [3.8, 4) is 0 Å². The highest BCUT2D eigenvalue weighted by atomic mass is 16.4. The van der Waals surface area contributed by atoms with Crippen molar-refractivity contribution in [3.05, 3.63) is 64.6 Å². The van der Waals surface area contributed by atoms with Crippen LogP contribution in [0.15, 0.2) is 59.1 Å². The van der Waals surface area contributed by atoms with Crippen molar-refractivity contribution in [1.29, 1.82) is 0 Å². The lowest BCUT2D eigenvalue weighted by atomic mass is 9.79. The average Bonchev–Trinajstić information content (AvgIpc) is 2.51. The minimum atomic E-state index is -1.52. The highest BCUT2D eigenvalue weighted by Crippen LogP contribution is 2.13. The molecule has 2 aromatic rings. The van der Waals surface area contributed by atoms with Gasteiger partial charge in [-0.2, -0.15) is 0 Å². The molecule has 1 aliphatic rings. The Kier molecular flexibility index (Phi) is 3.77. The average molecular weight is 281 g/mol. The van der Waals surface area contributed by atoms with E-state index in [1.165, 1.54) is 0 Å². The topological polar surface area (TPSA) is 62.5 Å². The van der Waals surface area contributed by atoms with Gasteiger partial charge >= 0.3 is 7.12 Å². The third-order valence-corrected chi connectivity index (χ3v) is 3.72. The van der Waals surface area contributed by atoms with Crippen LogP contribution >= 0.6 is 0 Å². The summed E-state index contributed by atoms with van der Waals surface area (Å²) in [5.74, 6) is 0. The van der Waals surface area contributed by atoms with E-state index in [-0.39, 0.29) is 5.56 Å². The molecule has 0 atom stereocenters. The molecule has 0 fully saturated rings. The summed E-state index contributed by atoms with van der Waals surface area (Å²) < 4.78 is 1.68. The molecule has 1 aromatic heterocycles. The molecule has 1 aromatic carbocycles. The molecule has 0 bridgehead atoms. The molecule has 0 amide bonds. The normalized spacial score (nSPS) is 14.3. The maximum Gasteiger partial charge on any atom is 0.488 e. The Morgan fingerprint density at radius 1 is 1.19 bits per heavy atom. The molecule has 0 saturated carbocycles. The van der Waals surface area contributed by atoms with E-state index in [2.05, 4.69) is 18.2 Å². The molecule has 4 nitrogen and oxygen atoms in total. The Labute approximate surface area is 122 Å². The van der Waals surface area contributed by atoms with Crippen LogP contribution in [0.4, 0.5) is 0 Å². The Morgan fingerprint density at radius 3 is 2.76 bits per heavy atom. The fourth-order valence-corrected chi connectivity index (χ4v) is 2.57. The van der Waals surface area contributed by atoms with E-state index in [0.717, 1.165) is 23.8 Å². The predicted molar refractivity (Wildman–Crippen MR) is 84.5 cm³/mol. The lowest BCUT2D eigenvalue weighted by Gasteiger charge is -2.11. The Morgan fingerprint density at radius 2 is 2.05 bits per heavy atom. The molecule has 0 aliphatic heterocycles. The molecule has 5 heteroatoms. The van der Waals surface area contributed by atoms with Gasteiger partial charge in [0, 0.05) is 11.6 Å². The first-order chi connectivity index (χ1) is 10.1. The van der Waals surface area contributed by atoms with Crippen molar-refractivity contribution in [2.24, 2.45) is 0 Å². The van der Waals surface area contributed by atoms with E-state index in [9.17, 15) is 14.8 Å². The summed E-state index contributed by atoms with van der Waals surface area (Å²) in [6.07, 6.45) is 10.2. The van der Waals surface area contributed by atoms with Gasteiger partial charge in [-0.15, -0.1) is 0 Å². The highest BCUT2D eigenvalue weighted by Gasteiger charge is 2.12. The first kappa shape index (κ1) is 13.9. The van der Waals surface area contributed by atoms with E-state index in [4.69, 9.17) is 0 Å². The van der Waals surface area contributed by atoms with Crippen LogP contribution in [0.5, 0.6) is 0 Å². The number of hydrogen-bond donors (Lipinski definition) is 2. The highest BCUT2D eigenvalue weighted by molar-refractivity contribution is 6.58. The van der Waals surface area contributed by atoms with Gasteiger partial charge in [0.2, 0.25) is 0 Å². The van der Waals surface area contributed by atoms with Gasteiger partial charge in [0.1, 0.15) is 0 Å². The second kappa shape index (κ2) is 5.72. The lowest BCUT2D eigenvalue weighted by molar-refractivity contribution is 0.426. The number of hydrogen-bond acceptors (Lipinski definition) is 3. The van der Waals surface area contributed by atoms with Gasteiger partial charge < -0.3 is 14.6 Å². The number of allylic oxidation sites excluding steroid dienone is 4. The van der Waals surface area contributed by atoms with E-state index < -0.39 is 7.12 Å². The SMILES string of the molecule is O=c1c2ccc(B(O)O)cc2ccn1CC1=CCCC=C1. The van der Waals surface area contributed by atoms with Gasteiger partial charge in [0.05, 0.1) is 6.54 Å². The number of nitrogens with zero attached hydrogens (tertiary/aromatic N) is 1. The zero-order valence-electron chi connectivity index (χ0n) is 11.6. The second-order valence-electron chi connectivity index (χ2n) is 5.23. The molecular formula is C16H16BNO3. The zero-order valence-corrected chi connectivity index (χ0v) is 11.6. The van der Waals surface area contributed by atoms with Gasteiger partial charge in [0.25, 0.3) is 5.56 Å². The lowest BCUT2D eigenvalue weighted by Crippen LogP contribution is -2.30. The van der Waals surface area contributed by atoms with Crippen LogP contribution < -0.4 is 11.0 Å². The van der Waals surface area contributed by atoms with Crippen molar-refractivity contribution in [1.82, 2.24) is 4.57 Å². The summed E-state index contributed by atoms with van der Waals surface area (Å²) >= 11 is 0. The zero-order chi connectivity index (χ0) is 14.8. The molecule has 0 radical (unpaired) electrons. The molecule has 3 rings (SSSR count). The first-order valence-corrected chi connectivity index (χ1v) is 7.00. The first-order valence-electron chi connectivity index (χ1n) is 7.00. The minimum Gasteiger partial charge on any atom is -0.423 e. The van der Waals surface area contributed by atoms with Crippen molar-refractivity contribution >= 4 is 23.4 Å². The summed E-state index contributed by atoms with van der Waals surface area (Å²) in [7, 11) is -1.52. The number of fused-ring (bicyclic) bond motifs is 1. The van der Waals surface area contributed by atoms with E-state index in [1.54, 1.807) is 29.0 Å². The standard InChI is InChI=1S/C16H16BNO3/c19-16-15-7-6-14(17(20)21)10-13(15)8-9-18(16)11-12-4-2-1-3-5-12/h2,4-10,20-21H,1,3,11H2. The molecule has 106 valence electrons. The molecule has 0 spiro atoms. The Hall–Kier alpha value is -2.11. The summed E-state index contributed by atoms with van der Waals surface area (Å²) in [5.41, 5.74) is 1.47. The monoisotopic (exact) mass is 281 g/mol. The molecule has 21 heavy (non-hydrogen) atoms. The van der Waals surface area contributed by atoms with Gasteiger partial charge in [-0.3, -0.25) is 4.79 Å². The van der Waals surface area contributed by atoms with Crippen LogP contribution in [0.1, 0.15) is 12.8 Å². The molecule has 1 heterocycles. The van der Waals surface area contributed by atoms with Gasteiger partial charge in [-0.25, -0.2) is 0 Å². The fraction of sp³-hybridized carbons (Fsp3) is 0.188. The van der Waals surface area contributed by atoms with Crippen molar-refractivity contribution < 1.29 is 10.0 Å². The molecular weight excluding hydrogens is 265 g/mol. The predicted octanol–water partition coefficient (Wildman–Crippen LogP) is 0.958. The summed E-state index contributed by atoms with van der Waals surface area (Å²) in [4.78, 5) is 12.5. The summed E-state index contributed by atoms with van der Waals surface area (Å²) in [5, 5.41) is 19.7. The van der Waals surface area contributed by atoms with Crippen LogP contribution in [-0.4, -0.2) is 21.7 Å². The fourth-order valence-electron chi connectivity index (χ4n) is 2.57. The van der Waals surface area contributed by atoms with E-state index in [0.29, 0.717) is 17.4 Å². The van der Waals surface area contributed by atoms with Gasteiger partial charge in [-0.05, 0) is 41.4 Å². The van der Waals surface area contributed by atoms with Gasteiger partial charge in [0.15, 0.2) is 0 Å². The quantitative estimate of drug-likeness (QED) is 0.824. The van der Waals surface area contributed by atoms with Gasteiger partial charge in [-0.1, -0.05) is 30.4 Å². The third-order valence-electron chi connectivity index (χ3n) is 3.72. The van der Waals surface area contributed by atoms with E-state index in [1.807, 2.05) is 6.07 Å². The minimum absolute atomic E-state index is 0.0636.